The fourth-order valence-electron chi connectivity index (χ4n) is 1.25. The summed E-state index contributed by atoms with van der Waals surface area (Å²) < 4.78 is 2.24. The molecule has 0 aliphatic carbocycles. The van der Waals surface area contributed by atoms with Gasteiger partial charge in [0.1, 0.15) is 5.69 Å². The van der Waals surface area contributed by atoms with Gasteiger partial charge in [-0.1, -0.05) is 5.21 Å². The van der Waals surface area contributed by atoms with Crippen molar-refractivity contribution in [3.8, 4) is 0 Å². The van der Waals surface area contributed by atoms with Gasteiger partial charge < -0.3 is 5.11 Å². The van der Waals surface area contributed by atoms with Crippen molar-refractivity contribution in [2.24, 2.45) is 7.05 Å². The van der Waals surface area contributed by atoms with E-state index >= 15 is 0 Å². The molecule has 0 amide bonds. The van der Waals surface area contributed by atoms with Gasteiger partial charge in [0.05, 0.1) is 6.10 Å². The highest BCUT2D eigenvalue weighted by atomic mass is 79.9. The molecular formula is C8H14BrN3OS. The summed E-state index contributed by atoms with van der Waals surface area (Å²) in [6.45, 7) is 0. The minimum absolute atomic E-state index is 0.475. The van der Waals surface area contributed by atoms with Crippen LogP contribution < -0.4 is 0 Å². The summed E-state index contributed by atoms with van der Waals surface area (Å²) in [5.74, 6) is 1.07. The molecule has 1 aromatic rings. The van der Waals surface area contributed by atoms with Crippen molar-refractivity contribution < 1.29 is 5.11 Å². The Morgan fingerprint density at radius 3 is 2.86 bits per heavy atom. The number of aromatic nitrogens is 3. The third-order valence-electron chi connectivity index (χ3n) is 1.97. The molecule has 1 heterocycles. The van der Waals surface area contributed by atoms with Gasteiger partial charge in [-0.3, -0.25) is 0 Å². The van der Waals surface area contributed by atoms with Crippen molar-refractivity contribution in [2.75, 3.05) is 12.0 Å². The van der Waals surface area contributed by atoms with Crippen molar-refractivity contribution in [1.29, 1.82) is 0 Å². The second-order valence-corrected chi connectivity index (χ2v) is 4.78. The first-order chi connectivity index (χ1) is 6.66. The normalized spacial score (nSPS) is 13.1. The standard InChI is InChI=1S/C8H14BrN3OS/c1-12-7(8(9)10-11-12)6(13)4-3-5-14-2/h6,13H,3-5H2,1-2H3. The summed E-state index contributed by atoms with van der Waals surface area (Å²) in [6.07, 6.45) is 3.34. The predicted molar refractivity (Wildman–Crippen MR) is 61.3 cm³/mol. The summed E-state index contributed by atoms with van der Waals surface area (Å²) in [5.41, 5.74) is 0.756. The Kier molecular flexibility index (Phi) is 4.91. The highest BCUT2D eigenvalue weighted by Gasteiger charge is 2.16. The maximum Gasteiger partial charge on any atom is 0.154 e. The van der Waals surface area contributed by atoms with Gasteiger partial charge >= 0.3 is 0 Å². The Hall–Kier alpha value is -0.0700. The zero-order chi connectivity index (χ0) is 10.6. The van der Waals surface area contributed by atoms with Gasteiger partial charge in [-0.05, 0) is 40.8 Å². The number of aliphatic hydroxyl groups is 1. The minimum Gasteiger partial charge on any atom is -0.387 e. The van der Waals surface area contributed by atoms with Crippen LogP contribution in [0, 0.1) is 0 Å². The van der Waals surface area contributed by atoms with E-state index in [9.17, 15) is 5.11 Å². The third-order valence-corrected chi connectivity index (χ3v) is 3.23. The van der Waals surface area contributed by atoms with Gasteiger partial charge in [-0.25, -0.2) is 4.68 Å². The number of rotatable bonds is 5. The molecule has 1 N–H and O–H groups in total. The Morgan fingerprint density at radius 2 is 2.36 bits per heavy atom. The van der Waals surface area contributed by atoms with E-state index in [-0.39, 0.29) is 0 Å². The van der Waals surface area contributed by atoms with Crippen LogP contribution in [0.2, 0.25) is 0 Å². The number of halogens is 1. The molecule has 0 aliphatic heterocycles. The van der Waals surface area contributed by atoms with Crippen molar-refractivity contribution in [3.05, 3.63) is 10.3 Å². The molecule has 0 saturated heterocycles. The molecule has 80 valence electrons. The summed E-state index contributed by atoms with van der Waals surface area (Å²) >= 11 is 5.06. The van der Waals surface area contributed by atoms with Crippen LogP contribution in [-0.4, -0.2) is 32.1 Å². The van der Waals surface area contributed by atoms with Gasteiger partial charge in [-0.2, -0.15) is 11.8 Å². The maximum atomic E-state index is 9.86. The quantitative estimate of drug-likeness (QED) is 0.835. The second-order valence-electron chi connectivity index (χ2n) is 3.04. The fraction of sp³-hybridized carbons (Fsp3) is 0.750. The van der Waals surface area contributed by atoms with E-state index in [4.69, 9.17) is 0 Å². The van der Waals surface area contributed by atoms with E-state index in [0.29, 0.717) is 4.60 Å². The minimum atomic E-state index is -0.475. The number of aryl methyl sites for hydroxylation is 1. The Bertz CT molecular complexity index is 273. The van der Waals surface area contributed by atoms with Crippen LogP contribution in [0.25, 0.3) is 0 Å². The van der Waals surface area contributed by atoms with E-state index in [2.05, 4.69) is 32.5 Å². The summed E-state index contributed by atoms with van der Waals surface area (Å²) in [7, 11) is 1.78. The van der Waals surface area contributed by atoms with Crippen LogP contribution in [-0.2, 0) is 7.05 Å². The SMILES string of the molecule is CSCCCC(O)c1c(Br)nnn1C. The molecule has 1 aromatic heterocycles. The van der Waals surface area contributed by atoms with E-state index in [1.165, 1.54) is 0 Å². The monoisotopic (exact) mass is 279 g/mol. The molecule has 4 nitrogen and oxygen atoms in total. The van der Waals surface area contributed by atoms with Gasteiger partial charge in [0.25, 0.3) is 0 Å². The lowest BCUT2D eigenvalue weighted by atomic mass is 10.1. The summed E-state index contributed by atoms with van der Waals surface area (Å²) in [5, 5.41) is 17.5. The van der Waals surface area contributed by atoms with Crippen molar-refractivity contribution in [2.45, 2.75) is 18.9 Å². The number of hydrogen-bond acceptors (Lipinski definition) is 4. The largest absolute Gasteiger partial charge is 0.387 e. The van der Waals surface area contributed by atoms with Crippen LogP contribution in [0.5, 0.6) is 0 Å². The molecule has 0 saturated carbocycles. The fourth-order valence-corrected chi connectivity index (χ4v) is 2.30. The van der Waals surface area contributed by atoms with Crippen LogP contribution in [0.3, 0.4) is 0 Å². The van der Waals surface area contributed by atoms with Crippen molar-refractivity contribution in [1.82, 2.24) is 15.0 Å². The van der Waals surface area contributed by atoms with E-state index in [0.717, 1.165) is 24.3 Å². The number of nitrogens with zero attached hydrogens (tertiary/aromatic N) is 3. The Labute approximate surface area is 96.2 Å². The number of hydrogen-bond donors (Lipinski definition) is 1. The third kappa shape index (κ3) is 2.96. The van der Waals surface area contributed by atoms with Crippen LogP contribution in [0.15, 0.2) is 4.60 Å². The average molecular weight is 280 g/mol. The van der Waals surface area contributed by atoms with Gasteiger partial charge in [0, 0.05) is 7.05 Å². The number of thioether (sulfide) groups is 1. The number of aliphatic hydroxyl groups excluding tert-OH is 1. The molecule has 1 rings (SSSR count). The zero-order valence-electron chi connectivity index (χ0n) is 8.27. The summed E-state index contributed by atoms with van der Waals surface area (Å²) in [6, 6.07) is 0. The first-order valence-electron chi connectivity index (χ1n) is 4.39. The van der Waals surface area contributed by atoms with E-state index in [1.807, 2.05) is 0 Å². The van der Waals surface area contributed by atoms with Crippen molar-refractivity contribution in [3.63, 3.8) is 0 Å². The average Bonchev–Trinajstić information content (AvgIpc) is 2.46. The first kappa shape index (κ1) is 12.0. The van der Waals surface area contributed by atoms with Gasteiger partial charge in [0.2, 0.25) is 0 Å². The molecule has 0 aromatic carbocycles. The molecule has 0 fully saturated rings. The first-order valence-corrected chi connectivity index (χ1v) is 6.57. The molecule has 1 atom stereocenters. The lowest BCUT2D eigenvalue weighted by molar-refractivity contribution is 0.156. The van der Waals surface area contributed by atoms with Crippen LogP contribution >= 0.6 is 27.7 Å². The molecule has 1 unspecified atom stereocenters. The van der Waals surface area contributed by atoms with E-state index < -0.39 is 6.10 Å². The smallest absolute Gasteiger partial charge is 0.154 e. The molecule has 0 aliphatic rings. The highest BCUT2D eigenvalue weighted by molar-refractivity contribution is 9.10. The topological polar surface area (TPSA) is 50.9 Å². The maximum absolute atomic E-state index is 9.86. The Balaban J connectivity index is 2.55. The molecule has 14 heavy (non-hydrogen) atoms. The molecule has 0 spiro atoms. The van der Waals surface area contributed by atoms with Crippen molar-refractivity contribution >= 4 is 27.7 Å². The van der Waals surface area contributed by atoms with Gasteiger partial charge in [-0.15, -0.1) is 5.10 Å². The predicted octanol–water partition coefficient (Wildman–Crippen LogP) is 1.75. The zero-order valence-corrected chi connectivity index (χ0v) is 10.7. The van der Waals surface area contributed by atoms with E-state index in [1.54, 1.807) is 23.5 Å². The van der Waals surface area contributed by atoms with Crippen LogP contribution in [0.1, 0.15) is 24.6 Å². The molecule has 0 bridgehead atoms. The van der Waals surface area contributed by atoms with Crippen LogP contribution in [0.4, 0.5) is 0 Å². The lowest BCUT2D eigenvalue weighted by Crippen LogP contribution is -2.06. The second kappa shape index (κ2) is 5.72. The van der Waals surface area contributed by atoms with Gasteiger partial charge in [0.15, 0.2) is 4.60 Å². The highest BCUT2D eigenvalue weighted by Crippen LogP contribution is 2.24. The molecule has 0 radical (unpaired) electrons. The molecular weight excluding hydrogens is 266 g/mol. The lowest BCUT2D eigenvalue weighted by Gasteiger charge is -2.09. The summed E-state index contributed by atoms with van der Waals surface area (Å²) in [4.78, 5) is 0. The molecule has 6 heteroatoms. The Morgan fingerprint density at radius 1 is 1.64 bits per heavy atom.